The third kappa shape index (κ3) is 1.81. The van der Waals surface area contributed by atoms with Crippen LogP contribution in [0.15, 0.2) is 22.7 Å². The number of methoxy groups -OCH3 is 1. The Bertz CT molecular complexity index is 449. The number of halogens is 1. The van der Waals surface area contributed by atoms with Crippen molar-refractivity contribution in [2.75, 3.05) is 7.11 Å². The largest absolute Gasteiger partial charge is 0.496 e. The molecule has 1 atom stereocenters. The van der Waals surface area contributed by atoms with E-state index in [1.165, 1.54) is 0 Å². The molecule has 16 heavy (non-hydrogen) atoms. The van der Waals surface area contributed by atoms with Gasteiger partial charge in [0.2, 0.25) is 0 Å². The van der Waals surface area contributed by atoms with Gasteiger partial charge in [0.25, 0.3) is 0 Å². The van der Waals surface area contributed by atoms with E-state index in [1.54, 1.807) is 7.11 Å². The molecule has 1 aliphatic rings. The minimum Gasteiger partial charge on any atom is -0.496 e. The average molecular weight is 281 g/mol. The minimum atomic E-state index is -0.339. The van der Waals surface area contributed by atoms with Crippen LogP contribution >= 0.6 is 15.9 Å². The summed E-state index contributed by atoms with van der Waals surface area (Å²) in [4.78, 5) is 0. The SMILES string of the molecule is COc1ccc(C(N)C2(C#N)CC2)cc1Br. The van der Waals surface area contributed by atoms with Crippen molar-refractivity contribution in [3.05, 3.63) is 28.2 Å². The fourth-order valence-electron chi connectivity index (χ4n) is 1.82. The maximum Gasteiger partial charge on any atom is 0.133 e. The van der Waals surface area contributed by atoms with Crippen LogP contribution in [-0.4, -0.2) is 7.11 Å². The number of ether oxygens (including phenoxy) is 1. The third-order valence-corrected chi connectivity index (χ3v) is 3.76. The number of rotatable bonds is 3. The van der Waals surface area contributed by atoms with Crippen molar-refractivity contribution >= 4 is 15.9 Å². The van der Waals surface area contributed by atoms with Crippen LogP contribution in [0.5, 0.6) is 5.75 Å². The molecule has 0 radical (unpaired) electrons. The lowest BCUT2D eigenvalue weighted by atomic mass is 9.92. The van der Waals surface area contributed by atoms with E-state index >= 15 is 0 Å². The predicted molar refractivity (Wildman–Crippen MR) is 64.9 cm³/mol. The van der Waals surface area contributed by atoms with Gasteiger partial charge in [-0.1, -0.05) is 6.07 Å². The zero-order valence-corrected chi connectivity index (χ0v) is 10.6. The molecule has 1 aliphatic carbocycles. The van der Waals surface area contributed by atoms with Crippen LogP contribution in [0.3, 0.4) is 0 Å². The lowest BCUT2D eigenvalue weighted by Gasteiger charge is -2.17. The first-order chi connectivity index (χ1) is 7.63. The number of nitrogens with two attached hydrogens (primary N) is 1. The second-order valence-electron chi connectivity index (χ2n) is 4.14. The molecule has 1 aromatic carbocycles. The Morgan fingerprint density at radius 2 is 2.25 bits per heavy atom. The van der Waals surface area contributed by atoms with Gasteiger partial charge in [-0.25, -0.2) is 0 Å². The van der Waals surface area contributed by atoms with Crippen LogP contribution in [0.25, 0.3) is 0 Å². The highest BCUT2D eigenvalue weighted by atomic mass is 79.9. The molecule has 0 spiro atoms. The summed E-state index contributed by atoms with van der Waals surface area (Å²) in [6, 6.07) is 7.84. The van der Waals surface area contributed by atoms with Crippen LogP contribution in [0.4, 0.5) is 0 Å². The lowest BCUT2D eigenvalue weighted by molar-refractivity contribution is 0.411. The Labute approximate surface area is 103 Å². The van der Waals surface area contributed by atoms with Crippen LogP contribution < -0.4 is 10.5 Å². The molecule has 0 heterocycles. The third-order valence-electron chi connectivity index (χ3n) is 3.14. The first kappa shape index (κ1) is 11.4. The smallest absolute Gasteiger partial charge is 0.133 e. The molecule has 1 fully saturated rings. The number of benzene rings is 1. The van der Waals surface area contributed by atoms with Gasteiger partial charge in [0.1, 0.15) is 5.75 Å². The molecule has 0 aliphatic heterocycles. The maximum atomic E-state index is 9.09. The Balaban J connectivity index is 2.29. The van der Waals surface area contributed by atoms with Crippen molar-refractivity contribution in [1.29, 1.82) is 5.26 Å². The van der Waals surface area contributed by atoms with Gasteiger partial charge < -0.3 is 10.5 Å². The van der Waals surface area contributed by atoms with Gasteiger partial charge in [0.15, 0.2) is 0 Å². The molecule has 0 aromatic heterocycles. The van der Waals surface area contributed by atoms with Gasteiger partial charge >= 0.3 is 0 Å². The molecule has 4 heteroatoms. The molecule has 1 unspecified atom stereocenters. The number of nitrogens with zero attached hydrogens (tertiary/aromatic N) is 1. The quantitative estimate of drug-likeness (QED) is 0.926. The minimum absolute atomic E-state index is 0.209. The second kappa shape index (κ2) is 4.08. The van der Waals surface area contributed by atoms with E-state index in [4.69, 9.17) is 15.7 Å². The van der Waals surface area contributed by atoms with E-state index in [0.717, 1.165) is 28.6 Å². The van der Waals surface area contributed by atoms with Crippen molar-refractivity contribution in [3.8, 4) is 11.8 Å². The molecular formula is C12H13BrN2O. The molecule has 0 amide bonds. The fraction of sp³-hybridized carbons (Fsp3) is 0.417. The Morgan fingerprint density at radius 1 is 1.56 bits per heavy atom. The van der Waals surface area contributed by atoms with E-state index in [0.29, 0.717) is 0 Å². The highest BCUT2D eigenvalue weighted by Gasteiger charge is 2.49. The van der Waals surface area contributed by atoms with Gasteiger partial charge in [0, 0.05) is 6.04 Å². The molecule has 3 nitrogen and oxygen atoms in total. The molecule has 2 rings (SSSR count). The van der Waals surface area contributed by atoms with Gasteiger partial charge in [-0.2, -0.15) is 5.26 Å². The topological polar surface area (TPSA) is 59.0 Å². The summed E-state index contributed by atoms with van der Waals surface area (Å²) in [6.45, 7) is 0. The summed E-state index contributed by atoms with van der Waals surface area (Å²) in [5, 5.41) is 9.09. The van der Waals surface area contributed by atoms with Crippen LogP contribution in [0, 0.1) is 16.7 Å². The molecule has 1 saturated carbocycles. The predicted octanol–water partition coefficient (Wildman–Crippen LogP) is 2.76. The number of hydrogen-bond donors (Lipinski definition) is 1. The van der Waals surface area contributed by atoms with Crippen molar-refractivity contribution < 1.29 is 4.74 Å². The van der Waals surface area contributed by atoms with Crippen LogP contribution in [-0.2, 0) is 0 Å². The van der Waals surface area contributed by atoms with Crippen molar-refractivity contribution in [2.24, 2.45) is 11.1 Å². The van der Waals surface area contributed by atoms with Gasteiger partial charge in [0.05, 0.1) is 23.1 Å². The van der Waals surface area contributed by atoms with Crippen LogP contribution in [0.2, 0.25) is 0 Å². The van der Waals surface area contributed by atoms with Crippen molar-refractivity contribution in [3.63, 3.8) is 0 Å². The summed E-state index contributed by atoms with van der Waals surface area (Å²) < 4.78 is 6.03. The number of hydrogen-bond acceptors (Lipinski definition) is 3. The highest BCUT2D eigenvalue weighted by molar-refractivity contribution is 9.10. The average Bonchev–Trinajstić information content (AvgIpc) is 3.09. The molecule has 0 saturated heterocycles. The number of nitriles is 1. The first-order valence-corrected chi connectivity index (χ1v) is 5.92. The van der Waals surface area contributed by atoms with E-state index in [1.807, 2.05) is 18.2 Å². The van der Waals surface area contributed by atoms with E-state index in [-0.39, 0.29) is 11.5 Å². The standard InChI is InChI=1S/C12H13BrN2O/c1-16-10-3-2-8(6-9(10)13)11(15)12(7-14)4-5-12/h2-3,6,11H,4-5,15H2,1H3. The van der Waals surface area contributed by atoms with E-state index in [2.05, 4.69) is 22.0 Å². The Kier molecular flexibility index (Phi) is 2.92. The molecule has 84 valence electrons. The zero-order chi connectivity index (χ0) is 11.8. The molecule has 1 aromatic rings. The Morgan fingerprint density at radius 3 is 2.69 bits per heavy atom. The molecule has 2 N–H and O–H groups in total. The molecule has 0 bridgehead atoms. The lowest BCUT2D eigenvalue weighted by Crippen LogP contribution is -2.21. The first-order valence-electron chi connectivity index (χ1n) is 5.13. The fourth-order valence-corrected chi connectivity index (χ4v) is 2.38. The summed E-state index contributed by atoms with van der Waals surface area (Å²) in [5.74, 6) is 0.776. The van der Waals surface area contributed by atoms with Crippen molar-refractivity contribution in [2.45, 2.75) is 18.9 Å². The van der Waals surface area contributed by atoms with Gasteiger partial charge in [-0.05, 0) is 46.5 Å². The van der Waals surface area contributed by atoms with E-state index < -0.39 is 0 Å². The molecular weight excluding hydrogens is 268 g/mol. The summed E-state index contributed by atoms with van der Waals surface area (Å²) >= 11 is 3.42. The second-order valence-corrected chi connectivity index (χ2v) is 4.99. The zero-order valence-electron chi connectivity index (χ0n) is 9.03. The van der Waals surface area contributed by atoms with Crippen molar-refractivity contribution in [1.82, 2.24) is 0 Å². The monoisotopic (exact) mass is 280 g/mol. The summed E-state index contributed by atoms with van der Waals surface area (Å²) in [7, 11) is 1.62. The highest BCUT2D eigenvalue weighted by Crippen LogP contribution is 2.53. The van der Waals surface area contributed by atoms with E-state index in [9.17, 15) is 0 Å². The van der Waals surface area contributed by atoms with Crippen LogP contribution in [0.1, 0.15) is 24.4 Å². The maximum absolute atomic E-state index is 9.09. The summed E-state index contributed by atoms with van der Waals surface area (Å²) in [5.41, 5.74) is 6.76. The summed E-state index contributed by atoms with van der Waals surface area (Å²) in [6.07, 6.45) is 1.79. The van der Waals surface area contributed by atoms with Gasteiger partial charge in [-0.3, -0.25) is 0 Å². The Hall–Kier alpha value is -1.05. The van der Waals surface area contributed by atoms with Gasteiger partial charge in [-0.15, -0.1) is 0 Å². The normalized spacial score (nSPS) is 18.6.